The molecule has 17 heavy (non-hydrogen) atoms. The summed E-state index contributed by atoms with van der Waals surface area (Å²) in [7, 11) is 0. The Bertz CT molecular complexity index is 382. The highest BCUT2D eigenvalue weighted by molar-refractivity contribution is 5.73. The highest BCUT2D eigenvalue weighted by Crippen LogP contribution is 2.63. The molecule has 0 aromatic heterocycles. The van der Waals surface area contributed by atoms with E-state index in [0.29, 0.717) is 17.4 Å². The van der Waals surface area contributed by atoms with Crippen LogP contribution in [0.2, 0.25) is 0 Å². The summed E-state index contributed by atoms with van der Waals surface area (Å²) in [6, 6.07) is 0. The van der Waals surface area contributed by atoms with E-state index < -0.39 is 0 Å². The summed E-state index contributed by atoms with van der Waals surface area (Å²) < 4.78 is 5.82. The summed E-state index contributed by atoms with van der Waals surface area (Å²) in [4.78, 5) is 11.1. The number of hydrogen-bond donors (Lipinski definition) is 0. The first kappa shape index (κ1) is 11.5. The smallest absolute Gasteiger partial charge is 0.145 e. The van der Waals surface area contributed by atoms with Crippen molar-refractivity contribution in [2.24, 2.45) is 17.3 Å². The molecule has 2 heteroatoms. The molecule has 2 fully saturated rings. The minimum absolute atomic E-state index is 0.120. The lowest BCUT2D eigenvalue weighted by Crippen LogP contribution is -2.11. The van der Waals surface area contributed by atoms with Gasteiger partial charge in [-0.1, -0.05) is 19.9 Å². The Balaban J connectivity index is 1.81. The quantitative estimate of drug-likeness (QED) is 0.515. The molecule has 2 nitrogen and oxygen atoms in total. The van der Waals surface area contributed by atoms with Crippen molar-refractivity contribution in [3.63, 3.8) is 0 Å². The number of rotatable bonds is 1. The maximum atomic E-state index is 11.1. The lowest BCUT2D eigenvalue weighted by Gasteiger charge is -2.08. The molecule has 1 saturated carbocycles. The maximum absolute atomic E-state index is 11.1. The van der Waals surface area contributed by atoms with Gasteiger partial charge in [-0.3, -0.25) is 4.79 Å². The summed E-state index contributed by atoms with van der Waals surface area (Å²) in [5.74, 6) is 1.36. The van der Waals surface area contributed by atoms with Crippen molar-refractivity contribution in [2.75, 3.05) is 0 Å². The van der Waals surface area contributed by atoms with E-state index in [1.165, 1.54) is 12.8 Å². The average Bonchev–Trinajstić information content (AvgIpc) is 3.07. The number of fused-ring (bicyclic) bond motifs is 2. The lowest BCUT2D eigenvalue weighted by atomic mass is 9.93. The van der Waals surface area contributed by atoms with Gasteiger partial charge in [0.15, 0.2) is 0 Å². The van der Waals surface area contributed by atoms with Gasteiger partial charge < -0.3 is 4.74 Å². The molecule has 0 radical (unpaired) electrons. The van der Waals surface area contributed by atoms with Crippen LogP contribution in [-0.2, 0) is 9.53 Å². The van der Waals surface area contributed by atoms with Crippen molar-refractivity contribution in [1.29, 1.82) is 0 Å². The molecule has 0 spiro atoms. The molecule has 4 atom stereocenters. The minimum Gasteiger partial charge on any atom is -0.366 e. The highest BCUT2D eigenvalue weighted by Gasteiger charge is 2.59. The first-order valence-electron chi connectivity index (χ1n) is 6.81. The number of ether oxygens (including phenoxy) is 1. The molecular weight excluding hydrogens is 212 g/mol. The van der Waals surface area contributed by atoms with Gasteiger partial charge in [0.2, 0.25) is 0 Å². The van der Waals surface area contributed by atoms with Crippen molar-refractivity contribution in [1.82, 2.24) is 0 Å². The van der Waals surface area contributed by atoms with Crippen LogP contribution in [0.15, 0.2) is 11.6 Å². The molecule has 0 amide bonds. The van der Waals surface area contributed by atoms with E-state index in [-0.39, 0.29) is 5.60 Å². The van der Waals surface area contributed by atoms with Crippen LogP contribution < -0.4 is 0 Å². The molecule has 0 bridgehead atoms. The van der Waals surface area contributed by atoms with Gasteiger partial charge in [0.25, 0.3) is 0 Å². The number of allylic oxidation sites excluding steroid dienone is 2. The topological polar surface area (TPSA) is 29.6 Å². The number of hydrogen-bond acceptors (Lipinski definition) is 2. The Hall–Kier alpha value is -0.630. The Labute approximate surface area is 103 Å². The summed E-state index contributed by atoms with van der Waals surface area (Å²) in [5, 5.41) is 0. The molecule has 0 aromatic rings. The third-order valence-electron chi connectivity index (χ3n) is 5.37. The molecule has 1 heterocycles. The van der Waals surface area contributed by atoms with Crippen LogP contribution in [-0.4, -0.2) is 18.0 Å². The average molecular weight is 234 g/mol. The zero-order valence-electron chi connectivity index (χ0n) is 11.0. The Morgan fingerprint density at radius 3 is 2.82 bits per heavy atom. The van der Waals surface area contributed by atoms with Gasteiger partial charge in [-0.05, 0) is 55.4 Å². The first-order valence-corrected chi connectivity index (χ1v) is 6.81. The van der Waals surface area contributed by atoms with E-state index in [1.807, 2.05) is 0 Å². The van der Waals surface area contributed by atoms with Crippen molar-refractivity contribution >= 4 is 6.29 Å². The van der Waals surface area contributed by atoms with Crippen molar-refractivity contribution in [2.45, 2.75) is 58.2 Å². The first-order chi connectivity index (χ1) is 7.97. The molecule has 1 aliphatic heterocycles. The van der Waals surface area contributed by atoms with Crippen molar-refractivity contribution in [3.05, 3.63) is 11.6 Å². The van der Waals surface area contributed by atoms with Crippen molar-refractivity contribution in [3.8, 4) is 0 Å². The van der Waals surface area contributed by atoms with Crippen LogP contribution >= 0.6 is 0 Å². The highest BCUT2D eigenvalue weighted by atomic mass is 16.6. The van der Waals surface area contributed by atoms with Crippen LogP contribution in [0.25, 0.3) is 0 Å². The van der Waals surface area contributed by atoms with Crippen LogP contribution in [0, 0.1) is 17.3 Å². The fourth-order valence-electron chi connectivity index (χ4n) is 3.70. The van der Waals surface area contributed by atoms with Crippen LogP contribution in [0.1, 0.15) is 46.5 Å². The zero-order chi connectivity index (χ0) is 12.3. The zero-order valence-corrected chi connectivity index (χ0v) is 11.0. The van der Waals surface area contributed by atoms with E-state index in [4.69, 9.17) is 4.74 Å². The Morgan fingerprint density at radius 1 is 1.35 bits per heavy atom. The van der Waals surface area contributed by atoms with Gasteiger partial charge in [-0.15, -0.1) is 0 Å². The fraction of sp³-hybridized carbons (Fsp3) is 0.800. The molecule has 0 unspecified atom stereocenters. The lowest BCUT2D eigenvalue weighted by molar-refractivity contribution is -0.105. The number of carbonyl (C=O) groups is 1. The molecular formula is C15H22O2. The predicted molar refractivity (Wildman–Crippen MR) is 66.7 cm³/mol. The van der Waals surface area contributed by atoms with Crippen LogP contribution in [0.5, 0.6) is 0 Å². The van der Waals surface area contributed by atoms with Gasteiger partial charge in [0, 0.05) is 0 Å². The van der Waals surface area contributed by atoms with Crippen LogP contribution in [0.4, 0.5) is 0 Å². The maximum Gasteiger partial charge on any atom is 0.145 e. The van der Waals surface area contributed by atoms with Gasteiger partial charge in [-0.25, -0.2) is 0 Å². The third-order valence-corrected chi connectivity index (χ3v) is 5.37. The van der Waals surface area contributed by atoms with Crippen LogP contribution in [0.3, 0.4) is 0 Å². The number of epoxide rings is 1. The van der Waals surface area contributed by atoms with E-state index in [9.17, 15) is 4.79 Å². The SMILES string of the molecule is CC1(C)[C@@H]2/C=C(/C=O)CC[C@H]3O[C@@]3(C)CC[C@H]21. The van der Waals surface area contributed by atoms with Crippen molar-refractivity contribution < 1.29 is 9.53 Å². The van der Waals surface area contributed by atoms with E-state index in [0.717, 1.165) is 30.6 Å². The number of carbonyl (C=O) groups excluding carboxylic acids is 1. The molecule has 3 aliphatic rings. The summed E-state index contributed by atoms with van der Waals surface area (Å²) in [6.45, 7) is 6.88. The van der Waals surface area contributed by atoms with Gasteiger partial charge in [-0.2, -0.15) is 0 Å². The fourth-order valence-corrected chi connectivity index (χ4v) is 3.70. The summed E-state index contributed by atoms with van der Waals surface area (Å²) in [5.41, 5.74) is 1.50. The largest absolute Gasteiger partial charge is 0.366 e. The summed E-state index contributed by atoms with van der Waals surface area (Å²) >= 11 is 0. The summed E-state index contributed by atoms with van der Waals surface area (Å²) in [6.07, 6.45) is 8.02. The second kappa shape index (κ2) is 3.44. The minimum atomic E-state index is 0.120. The second-order valence-corrected chi connectivity index (χ2v) is 6.81. The normalized spacial score (nSPS) is 50.3. The van der Waals surface area contributed by atoms with E-state index in [2.05, 4.69) is 26.8 Å². The molecule has 2 aliphatic carbocycles. The standard InChI is InChI=1S/C15H22O2/c1-14(2)11-6-7-15(3)13(17-15)5-4-10(9-16)8-12(11)14/h8-9,11-13H,4-7H2,1-3H3/b10-8+/t11-,12-,13-,15+/m1/s1. The molecule has 0 aromatic carbocycles. The Morgan fingerprint density at radius 2 is 2.12 bits per heavy atom. The molecule has 94 valence electrons. The molecule has 3 rings (SSSR count). The van der Waals surface area contributed by atoms with Gasteiger partial charge in [0.1, 0.15) is 6.29 Å². The monoisotopic (exact) mass is 234 g/mol. The second-order valence-electron chi connectivity index (χ2n) is 6.81. The predicted octanol–water partition coefficient (Wildman–Crippen LogP) is 3.12. The van der Waals surface area contributed by atoms with Gasteiger partial charge in [0.05, 0.1) is 11.7 Å². The third kappa shape index (κ3) is 1.77. The van der Waals surface area contributed by atoms with E-state index in [1.54, 1.807) is 0 Å². The number of aldehydes is 1. The Kier molecular flexibility index (Phi) is 2.32. The van der Waals surface area contributed by atoms with Gasteiger partial charge >= 0.3 is 0 Å². The molecule has 1 saturated heterocycles. The molecule has 0 N–H and O–H groups in total. The van der Waals surface area contributed by atoms with E-state index >= 15 is 0 Å².